The van der Waals surface area contributed by atoms with Crippen molar-refractivity contribution in [3.63, 3.8) is 0 Å². The van der Waals surface area contributed by atoms with Crippen LogP contribution in [0.25, 0.3) is 0 Å². The molecule has 0 radical (unpaired) electrons. The molecule has 0 fully saturated rings. The Bertz CT molecular complexity index is 411. The quantitative estimate of drug-likeness (QED) is 0.287. The highest BCUT2D eigenvalue weighted by Gasteiger charge is 2.09. The van der Waals surface area contributed by atoms with E-state index in [-0.39, 0.29) is 24.0 Å². The van der Waals surface area contributed by atoms with E-state index in [4.69, 9.17) is 4.52 Å². The number of halogens is 1. The van der Waals surface area contributed by atoms with Gasteiger partial charge < -0.3 is 15.2 Å². The number of aryl methyl sites for hydroxylation is 1. The molecular formula is C13H26IN5OS. The third-order valence-corrected chi connectivity index (χ3v) is 3.29. The lowest BCUT2D eigenvalue weighted by molar-refractivity contribution is 0.368. The number of rotatable bonds is 8. The van der Waals surface area contributed by atoms with Crippen LogP contribution in [0.15, 0.2) is 9.52 Å². The van der Waals surface area contributed by atoms with E-state index in [1.165, 1.54) is 0 Å². The maximum atomic E-state index is 5.20. The molecule has 6 nitrogen and oxygen atoms in total. The first-order valence-corrected chi connectivity index (χ1v) is 8.32. The van der Waals surface area contributed by atoms with Crippen LogP contribution < -0.4 is 10.6 Å². The highest BCUT2D eigenvalue weighted by atomic mass is 127. The van der Waals surface area contributed by atoms with Gasteiger partial charge in [0.05, 0.1) is 0 Å². The predicted octanol–water partition coefficient (Wildman–Crippen LogP) is 2.27. The molecule has 122 valence electrons. The summed E-state index contributed by atoms with van der Waals surface area (Å²) in [6.07, 6.45) is 3.81. The van der Waals surface area contributed by atoms with Gasteiger partial charge in [0.1, 0.15) is 0 Å². The van der Waals surface area contributed by atoms with E-state index >= 15 is 0 Å². The molecule has 0 aromatic carbocycles. The first-order valence-electron chi connectivity index (χ1n) is 6.93. The lowest BCUT2D eigenvalue weighted by Gasteiger charge is -2.10. The summed E-state index contributed by atoms with van der Waals surface area (Å²) in [4.78, 5) is 8.52. The molecule has 1 heterocycles. The van der Waals surface area contributed by atoms with Crippen LogP contribution in [0.2, 0.25) is 0 Å². The molecule has 0 unspecified atom stereocenters. The summed E-state index contributed by atoms with van der Waals surface area (Å²) in [5.41, 5.74) is 0. The minimum absolute atomic E-state index is 0. The normalized spacial score (nSPS) is 11.4. The lowest BCUT2D eigenvalue weighted by Crippen LogP contribution is -2.38. The fourth-order valence-electron chi connectivity index (χ4n) is 1.54. The van der Waals surface area contributed by atoms with Gasteiger partial charge in [-0.15, -0.1) is 24.0 Å². The minimum atomic E-state index is 0. The molecule has 0 saturated carbocycles. The first-order chi connectivity index (χ1) is 9.67. The molecule has 21 heavy (non-hydrogen) atoms. The average molecular weight is 427 g/mol. The largest absolute Gasteiger partial charge is 0.356 e. The van der Waals surface area contributed by atoms with Gasteiger partial charge in [-0.1, -0.05) is 19.0 Å². The fraction of sp³-hybridized carbons (Fsp3) is 0.769. The smallest absolute Gasteiger partial charge is 0.226 e. The zero-order chi connectivity index (χ0) is 14.8. The number of aromatic nitrogens is 2. The monoisotopic (exact) mass is 427 g/mol. The molecule has 8 heteroatoms. The Balaban J connectivity index is 0.00000400. The second kappa shape index (κ2) is 12.1. The minimum Gasteiger partial charge on any atom is -0.356 e. The van der Waals surface area contributed by atoms with Crippen LogP contribution in [0.4, 0.5) is 0 Å². The van der Waals surface area contributed by atoms with E-state index in [0.717, 1.165) is 43.5 Å². The second-order valence-electron chi connectivity index (χ2n) is 4.72. The van der Waals surface area contributed by atoms with Crippen molar-refractivity contribution in [3.05, 3.63) is 11.7 Å². The molecule has 0 bridgehead atoms. The van der Waals surface area contributed by atoms with E-state index in [0.29, 0.717) is 11.8 Å². The number of thioether (sulfide) groups is 1. The molecule has 0 atom stereocenters. The Morgan fingerprint density at radius 3 is 2.62 bits per heavy atom. The average Bonchev–Trinajstić information content (AvgIpc) is 2.90. The van der Waals surface area contributed by atoms with E-state index in [9.17, 15) is 0 Å². The van der Waals surface area contributed by atoms with Crippen molar-refractivity contribution in [3.8, 4) is 0 Å². The zero-order valence-corrected chi connectivity index (χ0v) is 16.3. The number of aliphatic imine (C=N–C) groups is 1. The maximum Gasteiger partial charge on any atom is 0.226 e. The summed E-state index contributed by atoms with van der Waals surface area (Å²) in [5, 5.41) is 10.5. The second-order valence-corrected chi connectivity index (χ2v) is 5.71. The van der Waals surface area contributed by atoms with Crippen LogP contribution in [0.3, 0.4) is 0 Å². The highest BCUT2D eigenvalue weighted by molar-refractivity contribution is 14.0. The molecule has 0 saturated heterocycles. The van der Waals surface area contributed by atoms with Gasteiger partial charge in [0, 0.05) is 38.2 Å². The van der Waals surface area contributed by atoms with Crippen molar-refractivity contribution in [2.75, 3.05) is 32.1 Å². The predicted molar refractivity (Wildman–Crippen MR) is 99.9 cm³/mol. The Labute approximate surface area is 148 Å². The molecule has 0 aliphatic carbocycles. The summed E-state index contributed by atoms with van der Waals surface area (Å²) in [6, 6.07) is 0. The third kappa shape index (κ3) is 8.50. The summed E-state index contributed by atoms with van der Waals surface area (Å²) in [7, 11) is 1.78. The summed E-state index contributed by atoms with van der Waals surface area (Å²) in [6.45, 7) is 5.86. The van der Waals surface area contributed by atoms with Gasteiger partial charge in [-0.05, 0) is 12.7 Å². The molecule has 0 aliphatic heterocycles. The number of hydrogen-bond acceptors (Lipinski definition) is 5. The van der Waals surface area contributed by atoms with Crippen LogP contribution in [0.5, 0.6) is 0 Å². The van der Waals surface area contributed by atoms with Crippen molar-refractivity contribution in [1.29, 1.82) is 0 Å². The Hall–Kier alpha value is -0.510. The standard InChI is InChI=1S/C13H25N5OS.HI/c1-10(2)12-17-11(19-18-12)6-5-7-15-13(14-3)16-8-9-20-4;/h10H,5-9H2,1-4H3,(H2,14,15,16);1H. The first kappa shape index (κ1) is 20.5. The van der Waals surface area contributed by atoms with E-state index in [1.807, 2.05) is 11.8 Å². The Morgan fingerprint density at radius 2 is 2.05 bits per heavy atom. The van der Waals surface area contributed by atoms with Crippen LogP contribution >= 0.6 is 35.7 Å². The molecule has 1 aromatic rings. The molecule has 2 N–H and O–H groups in total. The zero-order valence-electron chi connectivity index (χ0n) is 13.2. The summed E-state index contributed by atoms with van der Waals surface area (Å²) in [5.74, 6) is 3.71. The van der Waals surface area contributed by atoms with Crippen molar-refractivity contribution in [2.45, 2.75) is 32.6 Å². The van der Waals surface area contributed by atoms with Gasteiger partial charge in [0.15, 0.2) is 11.8 Å². The van der Waals surface area contributed by atoms with Gasteiger partial charge in [0.25, 0.3) is 0 Å². The molecule has 0 aliphatic rings. The van der Waals surface area contributed by atoms with Crippen molar-refractivity contribution < 1.29 is 4.52 Å². The van der Waals surface area contributed by atoms with Crippen LogP contribution in [0, 0.1) is 0 Å². The topological polar surface area (TPSA) is 75.3 Å². The number of hydrogen-bond donors (Lipinski definition) is 2. The van der Waals surface area contributed by atoms with Crippen LogP contribution in [-0.2, 0) is 6.42 Å². The van der Waals surface area contributed by atoms with E-state index in [2.05, 4.69) is 45.9 Å². The van der Waals surface area contributed by atoms with Gasteiger partial charge in [0.2, 0.25) is 5.89 Å². The maximum absolute atomic E-state index is 5.20. The molecular weight excluding hydrogens is 401 g/mol. The van der Waals surface area contributed by atoms with E-state index in [1.54, 1.807) is 7.05 Å². The van der Waals surface area contributed by atoms with Gasteiger partial charge in [-0.25, -0.2) is 0 Å². The lowest BCUT2D eigenvalue weighted by atomic mass is 10.2. The van der Waals surface area contributed by atoms with Gasteiger partial charge >= 0.3 is 0 Å². The van der Waals surface area contributed by atoms with Gasteiger partial charge in [-0.2, -0.15) is 16.7 Å². The van der Waals surface area contributed by atoms with Gasteiger partial charge in [-0.3, -0.25) is 4.99 Å². The SMILES string of the molecule is CN=C(NCCCc1nc(C(C)C)no1)NCCSC.I. The van der Waals surface area contributed by atoms with Crippen molar-refractivity contribution in [1.82, 2.24) is 20.8 Å². The van der Waals surface area contributed by atoms with E-state index < -0.39 is 0 Å². The van der Waals surface area contributed by atoms with Crippen LogP contribution in [0.1, 0.15) is 37.9 Å². The molecule has 1 aromatic heterocycles. The number of guanidine groups is 1. The number of nitrogens with one attached hydrogen (secondary N) is 2. The summed E-state index contributed by atoms with van der Waals surface area (Å²) < 4.78 is 5.20. The molecule has 1 rings (SSSR count). The fourth-order valence-corrected chi connectivity index (χ4v) is 1.85. The van der Waals surface area contributed by atoms with Crippen molar-refractivity contribution in [2.24, 2.45) is 4.99 Å². The molecule has 0 spiro atoms. The Kier molecular flexibility index (Phi) is 11.8. The highest BCUT2D eigenvalue weighted by Crippen LogP contribution is 2.10. The third-order valence-electron chi connectivity index (χ3n) is 2.68. The van der Waals surface area contributed by atoms with Crippen molar-refractivity contribution >= 4 is 41.7 Å². The number of nitrogens with zero attached hydrogens (tertiary/aromatic N) is 3. The molecule has 0 amide bonds. The summed E-state index contributed by atoms with van der Waals surface area (Å²) >= 11 is 1.81. The Morgan fingerprint density at radius 1 is 1.33 bits per heavy atom. The van der Waals surface area contributed by atoms with Crippen LogP contribution in [-0.4, -0.2) is 48.2 Å².